The highest BCUT2D eigenvalue weighted by Gasteiger charge is 2.21. The Morgan fingerprint density at radius 3 is 2.71 bits per heavy atom. The number of halogens is 1. The summed E-state index contributed by atoms with van der Waals surface area (Å²) in [7, 11) is 0. The highest BCUT2D eigenvalue weighted by atomic mass is 35.5. The monoisotopic (exact) mass is 349 g/mol. The third-order valence-electron chi connectivity index (χ3n) is 4.81. The quantitative estimate of drug-likeness (QED) is 0.860. The van der Waals surface area contributed by atoms with E-state index < -0.39 is 0 Å². The molecule has 1 aromatic heterocycles. The fourth-order valence-corrected chi connectivity index (χ4v) is 3.39. The Kier molecular flexibility index (Phi) is 5.31. The van der Waals surface area contributed by atoms with Crippen LogP contribution in [0.4, 0.5) is 11.4 Å². The fraction of sp³-hybridized carbons (Fsp3) is 0.500. The molecule has 130 valence electrons. The number of rotatable bonds is 5. The fourth-order valence-electron chi connectivity index (χ4n) is 3.22. The van der Waals surface area contributed by atoms with Gasteiger partial charge in [0, 0.05) is 36.8 Å². The second-order valence-corrected chi connectivity index (χ2v) is 6.87. The van der Waals surface area contributed by atoms with Gasteiger partial charge in [0.05, 0.1) is 17.1 Å². The third kappa shape index (κ3) is 3.68. The predicted molar refractivity (Wildman–Crippen MR) is 96.8 cm³/mol. The Morgan fingerprint density at radius 1 is 1.33 bits per heavy atom. The van der Waals surface area contributed by atoms with Gasteiger partial charge in [-0.05, 0) is 50.8 Å². The van der Waals surface area contributed by atoms with E-state index >= 15 is 0 Å². The molecule has 5 nitrogen and oxygen atoms in total. The topological polar surface area (TPSA) is 61.5 Å². The maximum atomic E-state index is 9.32. The van der Waals surface area contributed by atoms with Crippen LogP contribution >= 0.6 is 11.6 Å². The zero-order valence-electron chi connectivity index (χ0n) is 14.2. The number of piperidine rings is 1. The molecule has 2 N–H and O–H groups in total. The van der Waals surface area contributed by atoms with Crippen LogP contribution in [0.5, 0.6) is 0 Å². The van der Waals surface area contributed by atoms with Crippen molar-refractivity contribution in [3.05, 3.63) is 40.2 Å². The molecule has 0 saturated carbocycles. The zero-order valence-corrected chi connectivity index (χ0v) is 14.9. The van der Waals surface area contributed by atoms with E-state index in [1.165, 1.54) is 0 Å². The van der Waals surface area contributed by atoms with Gasteiger partial charge in [0.1, 0.15) is 5.76 Å². The molecule has 1 aliphatic heterocycles. The standard InChI is InChI=1S/C18H24ClN3O2/c1-12-16(13(2)24-21-12)10-20-17-9-15(19)3-4-18(17)22-7-5-14(11-23)6-8-22/h3-4,9,14,20,23H,5-8,10-11H2,1-2H3. The number of aliphatic hydroxyl groups excluding tert-OH is 1. The predicted octanol–water partition coefficient (Wildman–Crippen LogP) is 3.77. The highest BCUT2D eigenvalue weighted by molar-refractivity contribution is 6.31. The Labute approximate surface area is 147 Å². The van der Waals surface area contributed by atoms with Crippen LogP contribution in [0.2, 0.25) is 5.02 Å². The first-order valence-electron chi connectivity index (χ1n) is 8.39. The average molecular weight is 350 g/mol. The Bertz CT molecular complexity index is 674. The van der Waals surface area contributed by atoms with Gasteiger partial charge in [-0.1, -0.05) is 16.8 Å². The first kappa shape index (κ1) is 17.1. The summed E-state index contributed by atoms with van der Waals surface area (Å²) in [6, 6.07) is 5.96. The summed E-state index contributed by atoms with van der Waals surface area (Å²) < 4.78 is 5.23. The van der Waals surface area contributed by atoms with Crippen molar-refractivity contribution in [2.45, 2.75) is 33.2 Å². The number of aryl methyl sites for hydroxylation is 2. The molecule has 0 bridgehead atoms. The van der Waals surface area contributed by atoms with Crippen LogP contribution in [0.15, 0.2) is 22.7 Å². The molecule has 3 rings (SSSR count). The molecule has 0 amide bonds. The third-order valence-corrected chi connectivity index (χ3v) is 5.04. The van der Waals surface area contributed by atoms with Gasteiger partial charge in [-0.25, -0.2) is 0 Å². The lowest BCUT2D eigenvalue weighted by atomic mass is 9.97. The van der Waals surface area contributed by atoms with Gasteiger partial charge in [-0.2, -0.15) is 0 Å². The molecule has 1 fully saturated rings. The summed E-state index contributed by atoms with van der Waals surface area (Å²) in [6.45, 7) is 6.72. The highest BCUT2D eigenvalue weighted by Crippen LogP contribution is 2.32. The van der Waals surface area contributed by atoms with Crippen molar-refractivity contribution in [2.24, 2.45) is 5.92 Å². The number of aliphatic hydroxyl groups is 1. The lowest BCUT2D eigenvalue weighted by Gasteiger charge is -2.34. The molecular weight excluding hydrogens is 326 g/mol. The van der Waals surface area contributed by atoms with Gasteiger partial charge < -0.3 is 19.8 Å². The molecule has 0 aliphatic carbocycles. The first-order chi connectivity index (χ1) is 11.6. The van der Waals surface area contributed by atoms with Crippen molar-refractivity contribution < 1.29 is 9.63 Å². The van der Waals surface area contributed by atoms with Gasteiger partial charge in [0.25, 0.3) is 0 Å². The molecule has 0 radical (unpaired) electrons. The van der Waals surface area contributed by atoms with Crippen LogP contribution in [-0.2, 0) is 6.54 Å². The van der Waals surface area contributed by atoms with E-state index in [9.17, 15) is 5.11 Å². The number of nitrogens with one attached hydrogen (secondary N) is 1. The average Bonchev–Trinajstić information content (AvgIpc) is 2.91. The second-order valence-electron chi connectivity index (χ2n) is 6.43. The smallest absolute Gasteiger partial charge is 0.138 e. The molecule has 24 heavy (non-hydrogen) atoms. The van der Waals surface area contributed by atoms with Gasteiger partial charge in [0.2, 0.25) is 0 Å². The molecule has 0 unspecified atom stereocenters. The summed E-state index contributed by atoms with van der Waals surface area (Å²) in [4.78, 5) is 2.36. The summed E-state index contributed by atoms with van der Waals surface area (Å²) >= 11 is 6.20. The molecule has 1 saturated heterocycles. The molecule has 1 aliphatic rings. The van der Waals surface area contributed by atoms with Gasteiger partial charge in [0.15, 0.2) is 0 Å². The molecule has 0 spiro atoms. The van der Waals surface area contributed by atoms with E-state index in [2.05, 4.69) is 21.4 Å². The summed E-state index contributed by atoms with van der Waals surface area (Å²) in [5.41, 5.74) is 4.17. The van der Waals surface area contributed by atoms with E-state index in [-0.39, 0.29) is 6.61 Å². The van der Waals surface area contributed by atoms with Gasteiger partial charge in [-0.15, -0.1) is 0 Å². The number of nitrogens with zero attached hydrogens (tertiary/aromatic N) is 2. The minimum atomic E-state index is 0.283. The van der Waals surface area contributed by atoms with Gasteiger partial charge in [-0.3, -0.25) is 0 Å². The molecule has 0 atom stereocenters. The lowest BCUT2D eigenvalue weighted by Crippen LogP contribution is -2.35. The second kappa shape index (κ2) is 7.45. The minimum absolute atomic E-state index is 0.283. The minimum Gasteiger partial charge on any atom is -0.396 e. The van der Waals surface area contributed by atoms with Crippen LogP contribution in [0.1, 0.15) is 29.9 Å². The van der Waals surface area contributed by atoms with Crippen LogP contribution in [0.3, 0.4) is 0 Å². The van der Waals surface area contributed by atoms with Crippen LogP contribution in [0.25, 0.3) is 0 Å². The number of aromatic nitrogens is 1. The zero-order chi connectivity index (χ0) is 17.1. The number of hydrogen-bond donors (Lipinski definition) is 2. The maximum Gasteiger partial charge on any atom is 0.138 e. The van der Waals surface area contributed by atoms with E-state index in [1.807, 2.05) is 26.0 Å². The summed E-state index contributed by atoms with van der Waals surface area (Å²) in [6.07, 6.45) is 2.03. The number of benzene rings is 1. The van der Waals surface area contributed by atoms with E-state index in [4.69, 9.17) is 16.1 Å². The largest absolute Gasteiger partial charge is 0.396 e. The van der Waals surface area contributed by atoms with Crippen LogP contribution < -0.4 is 10.2 Å². The Balaban J connectivity index is 1.76. The molecule has 1 aromatic carbocycles. The van der Waals surface area contributed by atoms with Crippen LogP contribution in [0, 0.1) is 19.8 Å². The van der Waals surface area contributed by atoms with E-state index in [0.717, 1.165) is 54.3 Å². The van der Waals surface area contributed by atoms with E-state index in [0.29, 0.717) is 17.5 Å². The van der Waals surface area contributed by atoms with Crippen molar-refractivity contribution in [1.82, 2.24) is 5.16 Å². The molecule has 2 heterocycles. The number of anilines is 2. The van der Waals surface area contributed by atoms with Crippen molar-refractivity contribution in [3.8, 4) is 0 Å². The summed E-state index contributed by atoms with van der Waals surface area (Å²) in [5.74, 6) is 1.26. The number of hydrogen-bond acceptors (Lipinski definition) is 5. The lowest BCUT2D eigenvalue weighted by molar-refractivity contribution is 0.203. The first-order valence-corrected chi connectivity index (χ1v) is 8.77. The normalized spacial score (nSPS) is 15.8. The van der Waals surface area contributed by atoms with Crippen molar-refractivity contribution in [2.75, 3.05) is 29.9 Å². The van der Waals surface area contributed by atoms with Crippen molar-refractivity contribution >= 4 is 23.0 Å². The Hall–Kier alpha value is -1.72. The Morgan fingerprint density at radius 2 is 2.08 bits per heavy atom. The summed E-state index contributed by atoms with van der Waals surface area (Å²) in [5, 5.41) is 17.5. The van der Waals surface area contributed by atoms with E-state index in [1.54, 1.807) is 0 Å². The SMILES string of the molecule is Cc1noc(C)c1CNc1cc(Cl)ccc1N1CCC(CO)CC1. The van der Waals surface area contributed by atoms with Gasteiger partial charge >= 0.3 is 0 Å². The van der Waals surface area contributed by atoms with Crippen molar-refractivity contribution in [3.63, 3.8) is 0 Å². The molecule has 6 heteroatoms. The molecule has 2 aromatic rings. The van der Waals surface area contributed by atoms with Crippen molar-refractivity contribution in [1.29, 1.82) is 0 Å². The molecular formula is C18H24ClN3O2. The maximum absolute atomic E-state index is 9.32. The van der Waals surface area contributed by atoms with Crippen LogP contribution in [-0.4, -0.2) is 30.0 Å².